The van der Waals surface area contributed by atoms with Gasteiger partial charge in [0.05, 0.1) is 64.6 Å². The molecule has 0 spiro atoms. The molecule has 0 amide bonds. The Morgan fingerprint density at radius 1 is 0.733 bits per heavy atom. The summed E-state index contributed by atoms with van der Waals surface area (Å²) in [5, 5.41) is 0.728. The normalized spacial score (nSPS) is 25.5. The third-order valence-electron chi connectivity index (χ3n) is 5.50. The maximum Gasteiger partial charge on any atom is 0.0984 e. The summed E-state index contributed by atoms with van der Waals surface area (Å²) >= 11 is 3.54. The summed E-state index contributed by atoms with van der Waals surface area (Å²) in [6.07, 6.45) is 14.7. The average molecular weight is 496 g/mol. The van der Waals surface area contributed by atoms with Crippen LogP contribution in [0.2, 0.25) is 0 Å². The molecular weight excluding hydrogens is 448 g/mol. The van der Waals surface area contributed by atoms with Crippen LogP contribution in [-0.4, -0.2) is 69.9 Å². The van der Waals surface area contributed by atoms with Crippen LogP contribution in [0.4, 0.5) is 0 Å². The molecule has 1 saturated heterocycles. The van der Waals surface area contributed by atoms with E-state index < -0.39 is 0 Å². The van der Waals surface area contributed by atoms with E-state index in [4.69, 9.17) is 23.7 Å². The SMILES string of the molecule is CCCCCCCCCCCCC1COCCOCCOCC(C)(CBr)OCCO1. The Morgan fingerprint density at radius 3 is 2.00 bits per heavy atom. The Hall–Kier alpha value is 0.280. The third-order valence-corrected chi connectivity index (χ3v) is 6.69. The number of halogens is 1. The van der Waals surface area contributed by atoms with E-state index >= 15 is 0 Å². The lowest BCUT2D eigenvalue weighted by atomic mass is 10.0. The smallest absolute Gasteiger partial charge is 0.0984 e. The minimum absolute atomic E-state index is 0.138. The van der Waals surface area contributed by atoms with Crippen molar-refractivity contribution in [3.05, 3.63) is 0 Å². The van der Waals surface area contributed by atoms with E-state index in [2.05, 4.69) is 29.8 Å². The van der Waals surface area contributed by atoms with Crippen molar-refractivity contribution in [2.24, 2.45) is 0 Å². The average Bonchev–Trinajstić information content (AvgIpc) is 2.76. The number of hydrogen-bond donors (Lipinski definition) is 0. The van der Waals surface area contributed by atoms with Crippen LogP contribution < -0.4 is 0 Å². The van der Waals surface area contributed by atoms with Gasteiger partial charge < -0.3 is 23.7 Å². The maximum atomic E-state index is 6.09. The summed E-state index contributed by atoms with van der Waals surface area (Å²) in [6, 6.07) is 0. The lowest BCUT2D eigenvalue weighted by Gasteiger charge is -2.28. The van der Waals surface area contributed by atoms with Crippen LogP contribution in [0.5, 0.6) is 0 Å². The standard InChI is InChI=1S/C24H47BrO5/c1-3-4-5-6-7-8-9-10-11-12-13-23-20-27-16-14-26-15-17-28-22-24(2,21-25)30-19-18-29-23/h23H,3-22H2,1-2H3. The van der Waals surface area contributed by atoms with E-state index in [1.165, 1.54) is 64.2 Å². The second-order valence-electron chi connectivity index (χ2n) is 8.64. The first kappa shape index (κ1) is 28.3. The minimum atomic E-state index is -0.341. The van der Waals surface area contributed by atoms with Gasteiger partial charge in [0.15, 0.2) is 0 Å². The Bertz CT molecular complexity index is 372. The summed E-state index contributed by atoms with van der Waals surface area (Å²) in [5.74, 6) is 0. The zero-order valence-electron chi connectivity index (χ0n) is 19.6. The van der Waals surface area contributed by atoms with Crippen LogP contribution in [0.25, 0.3) is 0 Å². The molecule has 1 fully saturated rings. The number of hydrogen-bond acceptors (Lipinski definition) is 5. The van der Waals surface area contributed by atoms with Gasteiger partial charge in [-0.3, -0.25) is 0 Å². The molecule has 0 aromatic heterocycles. The molecule has 2 unspecified atom stereocenters. The molecule has 6 heteroatoms. The van der Waals surface area contributed by atoms with Gasteiger partial charge in [-0.25, -0.2) is 0 Å². The predicted octanol–water partition coefficient (Wildman–Crippen LogP) is 5.92. The Balaban J connectivity index is 2.21. The van der Waals surface area contributed by atoms with Crippen molar-refractivity contribution < 1.29 is 23.7 Å². The molecule has 1 aliphatic rings. The van der Waals surface area contributed by atoms with Gasteiger partial charge in [0, 0.05) is 5.33 Å². The third kappa shape index (κ3) is 16.0. The zero-order chi connectivity index (χ0) is 21.8. The molecule has 1 aliphatic heterocycles. The van der Waals surface area contributed by atoms with E-state index in [0.717, 1.165) is 11.8 Å². The van der Waals surface area contributed by atoms with Gasteiger partial charge in [-0.2, -0.15) is 0 Å². The lowest BCUT2D eigenvalue weighted by Crippen LogP contribution is -2.38. The lowest BCUT2D eigenvalue weighted by molar-refractivity contribution is -0.100. The van der Waals surface area contributed by atoms with Crippen molar-refractivity contribution in [1.29, 1.82) is 0 Å². The highest BCUT2D eigenvalue weighted by atomic mass is 79.9. The van der Waals surface area contributed by atoms with Crippen molar-refractivity contribution in [3.63, 3.8) is 0 Å². The van der Waals surface area contributed by atoms with Crippen LogP contribution in [0.3, 0.4) is 0 Å². The number of rotatable bonds is 12. The fourth-order valence-corrected chi connectivity index (χ4v) is 3.86. The molecular formula is C24H47BrO5. The molecule has 1 rings (SSSR count). The molecule has 0 aromatic carbocycles. The fourth-order valence-electron chi connectivity index (χ4n) is 3.54. The Morgan fingerprint density at radius 2 is 1.33 bits per heavy atom. The maximum absolute atomic E-state index is 6.09. The van der Waals surface area contributed by atoms with Crippen molar-refractivity contribution in [1.82, 2.24) is 0 Å². The molecule has 0 radical (unpaired) electrons. The summed E-state index contributed by atoms with van der Waals surface area (Å²) in [5.41, 5.74) is -0.341. The molecule has 2 atom stereocenters. The van der Waals surface area contributed by atoms with Crippen molar-refractivity contribution >= 4 is 15.9 Å². The summed E-state index contributed by atoms with van der Waals surface area (Å²) in [7, 11) is 0. The topological polar surface area (TPSA) is 46.2 Å². The first-order valence-corrected chi connectivity index (χ1v) is 13.4. The van der Waals surface area contributed by atoms with Gasteiger partial charge >= 0.3 is 0 Å². The Labute approximate surface area is 194 Å². The fraction of sp³-hybridized carbons (Fsp3) is 1.00. The monoisotopic (exact) mass is 494 g/mol. The van der Waals surface area contributed by atoms with Gasteiger partial charge in [0.1, 0.15) is 0 Å². The predicted molar refractivity (Wildman–Crippen MR) is 127 cm³/mol. The number of ether oxygens (including phenoxy) is 5. The molecule has 180 valence electrons. The van der Waals surface area contributed by atoms with Gasteiger partial charge in [-0.05, 0) is 13.3 Å². The summed E-state index contributed by atoms with van der Waals surface area (Å²) in [4.78, 5) is 0. The highest BCUT2D eigenvalue weighted by molar-refractivity contribution is 9.09. The molecule has 0 aliphatic carbocycles. The van der Waals surface area contributed by atoms with Crippen molar-refractivity contribution in [2.75, 3.05) is 58.2 Å². The molecule has 1 heterocycles. The first-order valence-electron chi connectivity index (χ1n) is 12.2. The number of alkyl halides is 1. The van der Waals surface area contributed by atoms with Crippen LogP contribution in [0.15, 0.2) is 0 Å². The molecule has 0 bridgehead atoms. The van der Waals surface area contributed by atoms with Crippen LogP contribution in [-0.2, 0) is 23.7 Å². The molecule has 30 heavy (non-hydrogen) atoms. The van der Waals surface area contributed by atoms with Gasteiger partial charge in [-0.1, -0.05) is 87.1 Å². The molecule has 0 aromatic rings. The van der Waals surface area contributed by atoms with Crippen LogP contribution in [0, 0.1) is 0 Å². The van der Waals surface area contributed by atoms with E-state index in [0.29, 0.717) is 52.9 Å². The van der Waals surface area contributed by atoms with Crippen molar-refractivity contribution in [3.8, 4) is 0 Å². The second-order valence-corrected chi connectivity index (χ2v) is 9.20. The summed E-state index contributed by atoms with van der Waals surface area (Å²) in [6.45, 7) is 9.02. The highest BCUT2D eigenvalue weighted by Gasteiger charge is 2.24. The second kappa shape index (κ2) is 19.9. The largest absolute Gasteiger partial charge is 0.377 e. The quantitative estimate of drug-likeness (QED) is 0.249. The molecule has 5 nitrogen and oxygen atoms in total. The first-order chi connectivity index (χ1) is 14.7. The number of unbranched alkanes of at least 4 members (excludes halogenated alkanes) is 9. The van der Waals surface area contributed by atoms with E-state index in [-0.39, 0.29) is 11.7 Å². The van der Waals surface area contributed by atoms with E-state index in [1.807, 2.05) is 0 Å². The highest BCUT2D eigenvalue weighted by Crippen LogP contribution is 2.16. The van der Waals surface area contributed by atoms with Gasteiger partial charge in [-0.15, -0.1) is 0 Å². The van der Waals surface area contributed by atoms with Crippen LogP contribution in [0.1, 0.15) is 84.5 Å². The minimum Gasteiger partial charge on any atom is -0.377 e. The van der Waals surface area contributed by atoms with E-state index in [9.17, 15) is 0 Å². The van der Waals surface area contributed by atoms with Gasteiger partial charge in [0.2, 0.25) is 0 Å². The Kier molecular flexibility index (Phi) is 18.8. The van der Waals surface area contributed by atoms with Crippen LogP contribution >= 0.6 is 15.9 Å². The van der Waals surface area contributed by atoms with Gasteiger partial charge in [0.25, 0.3) is 0 Å². The molecule has 0 saturated carbocycles. The molecule has 0 N–H and O–H groups in total. The summed E-state index contributed by atoms with van der Waals surface area (Å²) < 4.78 is 29.2. The van der Waals surface area contributed by atoms with E-state index in [1.54, 1.807) is 0 Å². The van der Waals surface area contributed by atoms with Crippen molar-refractivity contribution in [2.45, 2.75) is 96.2 Å². The zero-order valence-corrected chi connectivity index (χ0v) is 21.2.